The second-order valence-corrected chi connectivity index (χ2v) is 37.3. The number of aryl methyl sites for hydroxylation is 7. The number of morpholine rings is 1. The molecule has 0 aliphatic carbocycles. The van der Waals surface area contributed by atoms with Gasteiger partial charge in [0.15, 0.2) is 0 Å². The summed E-state index contributed by atoms with van der Waals surface area (Å²) in [4.78, 5) is 137. The molecular weight excluding hydrogens is 1800 g/mol. The Balaban J connectivity index is 0.000000125. The highest BCUT2D eigenvalue weighted by Gasteiger charge is 2.22. The van der Waals surface area contributed by atoms with E-state index < -0.39 is 0 Å². The Labute approximate surface area is 826 Å². The summed E-state index contributed by atoms with van der Waals surface area (Å²) < 4.78 is 21.8. The van der Waals surface area contributed by atoms with E-state index in [1.165, 1.54) is 70.4 Å². The van der Waals surface area contributed by atoms with Crippen LogP contribution < -0.4 is 70.8 Å². The fraction of sp³-hybridized carbons (Fsp3) is 0.453. The maximum atomic E-state index is 12.2. The number of fused-ring (bicyclic) bond motifs is 8. The third-order valence-corrected chi connectivity index (χ3v) is 27.6. The third-order valence-electron chi connectivity index (χ3n) is 27.6. The van der Waals surface area contributed by atoms with E-state index in [9.17, 15) is 33.6 Å². The van der Waals surface area contributed by atoms with Crippen LogP contribution in [0.5, 0.6) is 0 Å². The minimum absolute atomic E-state index is 0.00219. The normalized spacial score (nSPS) is 15.4. The number of rotatable bonds is 20. The van der Waals surface area contributed by atoms with Gasteiger partial charge in [-0.1, -0.05) is 12.5 Å². The van der Waals surface area contributed by atoms with Crippen molar-refractivity contribution in [3.05, 3.63) is 251 Å². The summed E-state index contributed by atoms with van der Waals surface area (Å²) in [6.45, 7) is 38.0. The summed E-state index contributed by atoms with van der Waals surface area (Å²) in [5.41, 5.74) is 13.6. The van der Waals surface area contributed by atoms with Crippen LogP contribution >= 0.6 is 0 Å². The standard InChI is InChI=1S/C18H26N4O.C17H25N5O.C16H22N4O2.C16H22N4O.C14H16N4O.C13H13N3O2.C12H13N3O/c1-14-20-17-13-15(7-8-16(17)18(23)21(14)2)19-9-6-12-22-10-4-3-5-11-22;1-13-20-16-12-14(4-5-15(16)17(23)21(13)2)19-6-3-9-22-10-7-18-8-11-22;1-12-18-15-11-13(3-4-14(15)16(21)19(12)2)17-5-6-20-7-9-22-10-8-20;1-12-18-15-11-13(5-6-14(15)16(21)19(12)2)17-7-10-20-8-3-4-9-20;1-9-16-12-8-10(13-15-6-7-17(13)2)4-5-11(12)14(19)18(9)3;1-8-15-11-7-9(12-14-5-6-18-12)3-4-10(11)13(17)16(8)2;1-7-14-11-6-10-8(3-4-13-10)5-9(11)12(16)15(7)2/h7-8,13,19H,3-6,9-12H2,1-2H3;4-5,12,18-19H,3,6-11H2,1-2H3;3-4,11,17H,5-10H2,1-2H3;5-6,11,17H,3-4,7-10H2,1-2H3;4-5,8H,6-7H2,1-3H3;3-4,7H,5-6H2,1-2H3;5-6,13H,3-4H2,1-2H3. The molecule has 36 heteroatoms. The van der Waals surface area contributed by atoms with Gasteiger partial charge in [0.25, 0.3) is 38.9 Å². The van der Waals surface area contributed by atoms with Crippen LogP contribution in [-0.4, -0.2) is 274 Å². The molecule has 6 N–H and O–H groups in total. The lowest BCUT2D eigenvalue weighted by molar-refractivity contribution is 0.0398. The van der Waals surface area contributed by atoms with Crippen molar-refractivity contribution in [3.8, 4) is 0 Å². The molecular formula is C106H137N27O9. The Hall–Kier alpha value is -13.8. The monoisotopic (exact) mass is 1930 g/mol. The number of ether oxygens (including phenoxy) is 2. The summed E-state index contributed by atoms with van der Waals surface area (Å²) >= 11 is 0. The van der Waals surface area contributed by atoms with E-state index in [0.717, 1.165) is 256 Å². The van der Waals surface area contributed by atoms with Gasteiger partial charge >= 0.3 is 0 Å². The van der Waals surface area contributed by atoms with Crippen LogP contribution in [0.1, 0.15) is 102 Å². The average Bonchev–Trinajstić information content (AvgIpc) is 1.50. The molecule has 14 aromatic rings. The summed E-state index contributed by atoms with van der Waals surface area (Å²) in [5, 5.41) is 25.1. The van der Waals surface area contributed by atoms with Gasteiger partial charge in [-0.2, -0.15) is 0 Å². The van der Waals surface area contributed by atoms with Crippen molar-refractivity contribution in [2.45, 2.75) is 99.8 Å². The number of likely N-dealkylation sites (N-methyl/N-ethyl adjacent to an activating group) is 1. The summed E-state index contributed by atoms with van der Waals surface area (Å²) in [5.74, 6) is 6.71. The Bertz CT molecular complexity index is 7310. The predicted octanol–water partition coefficient (Wildman–Crippen LogP) is 9.38. The van der Waals surface area contributed by atoms with Gasteiger partial charge in [0.1, 0.15) is 53.2 Å². The van der Waals surface area contributed by atoms with Crippen molar-refractivity contribution in [2.24, 2.45) is 59.3 Å². The van der Waals surface area contributed by atoms with Crippen LogP contribution in [0.25, 0.3) is 76.3 Å². The van der Waals surface area contributed by atoms with Crippen molar-refractivity contribution in [2.75, 3.05) is 197 Å². The van der Waals surface area contributed by atoms with E-state index in [0.29, 0.717) is 62.7 Å². The number of aliphatic imine (C=N–C) groups is 2. The number of aromatic nitrogens is 14. The molecule has 7 aliphatic heterocycles. The predicted molar refractivity (Wildman–Crippen MR) is 571 cm³/mol. The molecule has 4 fully saturated rings. The van der Waals surface area contributed by atoms with E-state index in [2.05, 4.69) is 101 Å². The topological polar surface area (TPSA) is 376 Å². The van der Waals surface area contributed by atoms with Crippen molar-refractivity contribution >= 4 is 116 Å². The van der Waals surface area contributed by atoms with E-state index in [1.54, 1.807) is 87.4 Å². The summed E-state index contributed by atoms with van der Waals surface area (Å²) in [6, 6.07) is 38.3. The maximum absolute atomic E-state index is 12.2. The van der Waals surface area contributed by atoms with Crippen molar-refractivity contribution < 1.29 is 9.47 Å². The van der Waals surface area contributed by atoms with Crippen LogP contribution in [0, 0.1) is 48.5 Å². The number of likely N-dealkylation sites (tertiary alicyclic amines) is 2. The second-order valence-electron chi connectivity index (χ2n) is 37.3. The maximum Gasteiger partial charge on any atom is 0.261 e. The number of piperazine rings is 1. The van der Waals surface area contributed by atoms with Gasteiger partial charge in [0, 0.05) is 188 Å². The number of nitrogens with one attached hydrogen (secondary N) is 6. The Morgan fingerprint density at radius 3 is 1.04 bits per heavy atom. The number of hydrogen-bond donors (Lipinski definition) is 6. The van der Waals surface area contributed by atoms with Crippen LogP contribution in [-0.2, 0) is 65.2 Å². The average molecular weight is 1930 g/mol. The Kier molecular flexibility index (Phi) is 34.4. The molecule has 750 valence electrons. The molecule has 7 aromatic carbocycles. The molecule has 0 saturated carbocycles. The van der Waals surface area contributed by atoms with Gasteiger partial charge in [-0.05, 0) is 254 Å². The highest BCUT2D eigenvalue weighted by atomic mass is 16.5. The van der Waals surface area contributed by atoms with Gasteiger partial charge in [-0.15, -0.1) is 0 Å². The first-order valence-corrected chi connectivity index (χ1v) is 49.7. The highest BCUT2D eigenvalue weighted by molar-refractivity contribution is 6.02. The number of piperidine rings is 1. The smallest absolute Gasteiger partial charge is 0.261 e. The highest BCUT2D eigenvalue weighted by Crippen LogP contribution is 2.28. The molecule has 0 amide bonds. The fourth-order valence-electron chi connectivity index (χ4n) is 18.3. The Morgan fingerprint density at radius 1 is 0.317 bits per heavy atom. The first-order valence-electron chi connectivity index (χ1n) is 49.7. The molecule has 0 radical (unpaired) electrons. The largest absolute Gasteiger partial charge is 0.476 e. The van der Waals surface area contributed by atoms with E-state index in [1.807, 2.05) is 171 Å². The lowest BCUT2D eigenvalue weighted by atomic mass is 10.1. The van der Waals surface area contributed by atoms with Gasteiger partial charge in [0.2, 0.25) is 5.90 Å². The summed E-state index contributed by atoms with van der Waals surface area (Å²) in [6.07, 6.45) is 9.96. The third kappa shape index (κ3) is 25.2. The van der Waals surface area contributed by atoms with Gasteiger partial charge in [0.05, 0.1) is 103 Å². The van der Waals surface area contributed by atoms with Crippen molar-refractivity contribution in [3.63, 3.8) is 0 Å². The number of hydrogen-bond acceptors (Lipinski definition) is 29. The number of nitrogens with zero attached hydrogens (tertiary/aromatic N) is 21. The second kappa shape index (κ2) is 47.7. The molecule has 36 nitrogen and oxygen atoms in total. The number of benzene rings is 7. The number of anilines is 5. The molecule has 0 bridgehead atoms. The lowest BCUT2D eigenvalue weighted by Gasteiger charge is -2.27. The molecule has 7 aromatic heterocycles. The first kappa shape index (κ1) is 103. The van der Waals surface area contributed by atoms with Crippen LogP contribution in [0.4, 0.5) is 28.4 Å². The van der Waals surface area contributed by atoms with E-state index in [4.69, 9.17) is 9.47 Å². The van der Waals surface area contributed by atoms with E-state index in [-0.39, 0.29) is 38.9 Å². The Morgan fingerprint density at radius 2 is 0.655 bits per heavy atom. The van der Waals surface area contributed by atoms with Crippen LogP contribution in [0.2, 0.25) is 0 Å². The van der Waals surface area contributed by atoms with Gasteiger partial charge in [-0.3, -0.25) is 75.4 Å². The lowest BCUT2D eigenvalue weighted by Crippen LogP contribution is -2.44. The molecule has 21 rings (SSSR count). The van der Waals surface area contributed by atoms with Gasteiger partial charge < -0.3 is 61.0 Å². The minimum Gasteiger partial charge on any atom is -0.476 e. The zero-order chi connectivity index (χ0) is 100. The zero-order valence-corrected chi connectivity index (χ0v) is 84.9. The van der Waals surface area contributed by atoms with Crippen molar-refractivity contribution in [1.29, 1.82) is 0 Å². The molecule has 0 atom stereocenters. The molecule has 142 heavy (non-hydrogen) atoms. The van der Waals surface area contributed by atoms with E-state index >= 15 is 0 Å². The first-order chi connectivity index (χ1) is 68.5. The minimum atomic E-state index is -0.0293. The SMILES string of the molecule is Cc1nc2cc(C3=NCCN3C)ccc2c(=O)n1C.Cc1nc2cc(C3=NCCO3)ccc2c(=O)n1C.Cc1nc2cc(NCCCN3CCCCC3)ccc2c(=O)n1C.Cc1nc2cc(NCCCN3CCNCC3)ccc2c(=O)n1C.Cc1nc2cc(NCCN3CCCC3)ccc2c(=O)n1C.Cc1nc2cc(NCCN3CCOCC3)ccc2c(=O)n1C.Cc1nc2cc3c(cc2c(=O)n1C)CCN3. The quantitative estimate of drug-likeness (QED) is 0.0387. The molecule has 7 aliphatic rings. The van der Waals surface area contributed by atoms with Crippen molar-refractivity contribution in [1.82, 2.24) is 96.7 Å². The molecule has 0 unspecified atom stereocenters. The number of amidine groups is 1. The van der Waals surface area contributed by atoms with Gasteiger partial charge in [-0.25, -0.2) is 39.9 Å². The van der Waals surface area contributed by atoms with Crippen LogP contribution in [0.3, 0.4) is 0 Å². The fourth-order valence-corrected chi connectivity index (χ4v) is 18.3. The summed E-state index contributed by atoms with van der Waals surface area (Å²) in [7, 11) is 14.3. The van der Waals surface area contributed by atoms with Crippen LogP contribution in [0.15, 0.2) is 165 Å². The molecule has 14 heterocycles. The molecule has 0 spiro atoms. The molecule has 4 saturated heterocycles. The zero-order valence-electron chi connectivity index (χ0n) is 84.9.